The van der Waals surface area contributed by atoms with Crippen LogP contribution in [-0.2, 0) is 9.59 Å². The largest absolute Gasteiger partial charge is 0.299 e. The highest BCUT2D eigenvalue weighted by molar-refractivity contribution is 6.00. The van der Waals surface area contributed by atoms with Crippen LogP contribution in [0.4, 0.5) is 0 Å². The average Bonchev–Trinajstić information content (AvgIpc) is 2.02. The van der Waals surface area contributed by atoms with E-state index in [1.165, 1.54) is 26.7 Å². The number of unbranched alkanes of at least 4 members (excludes halogenated alkanes) is 3. The normalized spacial score (nSPS) is 10.5. The molecule has 0 N–H and O–H groups in total. The highest BCUT2D eigenvalue weighted by atomic mass is 16.1. The monoisotopic (exact) mass is 184 g/mol. The van der Waals surface area contributed by atoms with E-state index in [1.807, 2.05) is 0 Å². The van der Waals surface area contributed by atoms with Gasteiger partial charge in [-0.1, -0.05) is 32.6 Å². The molecule has 0 aromatic rings. The van der Waals surface area contributed by atoms with Gasteiger partial charge in [0.15, 0.2) is 0 Å². The molecule has 0 unspecified atom stereocenters. The van der Waals surface area contributed by atoms with Crippen LogP contribution < -0.4 is 0 Å². The third kappa shape index (κ3) is 5.56. The van der Waals surface area contributed by atoms with E-state index in [1.54, 1.807) is 0 Å². The molecule has 0 saturated heterocycles. The summed E-state index contributed by atoms with van der Waals surface area (Å²) < 4.78 is 0. The fourth-order valence-electron chi connectivity index (χ4n) is 1.47. The average molecular weight is 184 g/mol. The minimum Gasteiger partial charge on any atom is -0.299 e. The van der Waals surface area contributed by atoms with E-state index < -0.39 is 0 Å². The van der Waals surface area contributed by atoms with Crippen LogP contribution in [0.15, 0.2) is 0 Å². The van der Waals surface area contributed by atoms with Crippen LogP contribution in [0.25, 0.3) is 0 Å². The summed E-state index contributed by atoms with van der Waals surface area (Å²) in [6, 6.07) is 0. The first-order valence-electron chi connectivity index (χ1n) is 5.10. The Bertz CT molecular complexity index is 159. The lowest BCUT2D eigenvalue weighted by molar-refractivity contribution is -0.130. The SMILES string of the molecule is CCCCCCC(C(C)=O)C(C)=O. The second kappa shape index (κ2) is 6.81. The number of hydrogen-bond acceptors (Lipinski definition) is 2. The third-order valence-electron chi connectivity index (χ3n) is 2.33. The standard InChI is InChI=1S/C11H20O2/c1-4-5-6-7-8-11(9(2)12)10(3)13/h11H,4-8H2,1-3H3. The van der Waals surface area contributed by atoms with Gasteiger partial charge in [0, 0.05) is 0 Å². The first-order chi connectivity index (χ1) is 6.09. The molecule has 2 heteroatoms. The van der Waals surface area contributed by atoms with Crippen molar-refractivity contribution in [2.24, 2.45) is 5.92 Å². The van der Waals surface area contributed by atoms with Gasteiger partial charge in [-0.2, -0.15) is 0 Å². The van der Waals surface area contributed by atoms with E-state index in [-0.39, 0.29) is 17.5 Å². The zero-order valence-corrected chi connectivity index (χ0v) is 8.93. The van der Waals surface area contributed by atoms with Crippen molar-refractivity contribution in [1.29, 1.82) is 0 Å². The van der Waals surface area contributed by atoms with Gasteiger partial charge in [-0.25, -0.2) is 0 Å². The molecule has 0 heterocycles. The van der Waals surface area contributed by atoms with E-state index in [4.69, 9.17) is 0 Å². The minimum atomic E-state index is -0.336. The van der Waals surface area contributed by atoms with Crippen LogP contribution in [0.2, 0.25) is 0 Å². The van der Waals surface area contributed by atoms with Crippen molar-refractivity contribution in [3.63, 3.8) is 0 Å². The highest BCUT2D eigenvalue weighted by Crippen LogP contribution is 2.12. The van der Waals surface area contributed by atoms with Crippen LogP contribution >= 0.6 is 0 Å². The van der Waals surface area contributed by atoms with Gasteiger partial charge in [-0.15, -0.1) is 0 Å². The molecule has 0 spiro atoms. The molecule has 0 amide bonds. The molecule has 13 heavy (non-hydrogen) atoms. The molecule has 0 bridgehead atoms. The van der Waals surface area contributed by atoms with Crippen molar-refractivity contribution in [2.45, 2.75) is 52.9 Å². The highest BCUT2D eigenvalue weighted by Gasteiger charge is 2.18. The molecule has 2 nitrogen and oxygen atoms in total. The first-order valence-corrected chi connectivity index (χ1v) is 5.10. The summed E-state index contributed by atoms with van der Waals surface area (Å²) in [5.41, 5.74) is 0. The lowest BCUT2D eigenvalue weighted by atomic mass is 9.94. The van der Waals surface area contributed by atoms with Gasteiger partial charge in [-0.3, -0.25) is 9.59 Å². The number of carbonyl (C=O) groups excluding carboxylic acids is 2. The van der Waals surface area contributed by atoms with Crippen molar-refractivity contribution < 1.29 is 9.59 Å². The van der Waals surface area contributed by atoms with Gasteiger partial charge in [0.2, 0.25) is 0 Å². The quantitative estimate of drug-likeness (QED) is 0.450. The van der Waals surface area contributed by atoms with Crippen LogP contribution in [0.3, 0.4) is 0 Å². The molecule has 0 saturated carbocycles. The van der Waals surface area contributed by atoms with Gasteiger partial charge in [-0.05, 0) is 20.3 Å². The predicted molar refractivity (Wildman–Crippen MR) is 53.6 cm³/mol. The third-order valence-corrected chi connectivity index (χ3v) is 2.33. The summed E-state index contributed by atoms with van der Waals surface area (Å²) in [6.45, 7) is 5.16. The topological polar surface area (TPSA) is 34.1 Å². The number of Topliss-reactive ketones (excluding diaryl/α,β-unsaturated/α-hetero) is 2. The smallest absolute Gasteiger partial charge is 0.140 e. The molecule has 0 fully saturated rings. The maximum absolute atomic E-state index is 11.0. The minimum absolute atomic E-state index is 0.0176. The molecule has 0 aromatic carbocycles. The van der Waals surface area contributed by atoms with Crippen LogP contribution in [-0.4, -0.2) is 11.6 Å². The Balaban J connectivity index is 3.71. The molecule has 0 atom stereocenters. The summed E-state index contributed by atoms with van der Waals surface area (Å²) >= 11 is 0. The molecule has 0 aliphatic rings. The number of ketones is 2. The summed E-state index contributed by atoms with van der Waals surface area (Å²) in [6.07, 6.45) is 5.25. The fourth-order valence-corrected chi connectivity index (χ4v) is 1.47. The Morgan fingerprint density at radius 1 is 1.00 bits per heavy atom. The van der Waals surface area contributed by atoms with Gasteiger partial charge in [0.05, 0.1) is 5.92 Å². The van der Waals surface area contributed by atoms with E-state index in [9.17, 15) is 9.59 Å². The lowest BCUT2D eigenvalue weighted by Crippen LogP contribution is -2.19. The van der Waals surface area contributed by atoms with Crippen molar-refractivity contribution in [3.05, 3.63) is 0 Å². The Morgan fingerprint density at radius 2 is 1.54 bits per heavy atom. The van der Waals surface area contributed by atoms with E-state index in [0.29, 0.717) is 0 Å². The molecular weight excluding hydrogens is 164 g/mol. The van der Waals surface area contributed by atoms with Crippen molar-refractivity contribution in [1.82, 2.24) is 0 Å². The van der Waals surface area contributed by atoms with Crippen LogP contribution in [0.5, 0.6) is 0 Å². The van der Waals surface area contributed by atoms with Gasteiger partial charge in [0.1, 0.15) is 11.6 Å². The molecule has 0 aromatic heterocycles. The molecular formula is C11H20O2. The number of carbonyl (C=O) groups is 2. The Kier molecular flexibility index (Phi) is 6.47. The summed E-state index contributed by atoms with van der Waals surface area (Å²) in [7, 11) is 0. The molecule has 76 valence electrons. The molecule has 0 rings (SSSR count). The zero-order chi connectivity index (χ0) is 10.3. The predicted octanol–water partition coefficient (Wildman–Crippen LogP) is 2.75. The fraction of sp³-hybridized carbons (Fsp3) is 0.818. The van der Waals surface area contributed by atoms with Crippen LogP contribution in [0, 0.1) is 5.92 Å². The Hall–Kier alpha value is -0.660. The first kappa shape index (κ1) is 12.3. The second-order valence-electron chi connectivity index (χ2n) is 3.62. The Labute approximate surface area is 80.7 Å². The van der Waals surface area contributed by atoms with E-state index >= 15 is 0 Å². The van der Waals surface area contributed by atoms with Gasteiger partial charge in [0.25, 0.3) is 0 Å². The summed E-state index contributed by atoms with van der Waals surface area (Å²) in [4.78, 5) is 22.1. The van der Waals surface area contributed by atoms with Gasteiger partial charge >= 0.3 is 0 Å². The maximum Gasteiger partial charge on any atom is 0.140 e. The van der Waals surface area contributed by atoms with Crippen LogP contribution in [0.1, 0.15) is 52.9 Å². The van der Waals surface area contributed by atoms with Crippen molar-refractivity contribution in [2.75, 3.05) is 0 Å². The van der Waals surface area contributed by atoms with E-state index in [0.717, 1.165) is 19.3 Å². The summed E-state index contributed by atoms with van der Waals surface area (Å²) in [5.74, 6) is -0.301. The molecule has 0 radical (unpaired) electrons. The second-order valence-corrected chi connectivity index (χ2v) is 3.62. The van der Waals surface area contributed by atoms with Crippen molar-refractivity contribution >= 4 is 11.6 Å². The maximum atomic E-state index is 11.0. The van der Waals surface area contributed by atoms with E-state index in [2.05, 4.69) is 6.92 Å². The lowest BCUT2D eigenvalue weighted by Gasteiger charge is -2.08. The molecule has 0 aliphatic heterocycles. The molecule has 0 aliphatic carbocycles. The summed E-state index contributed by atoms with van der Waals surface area (Å²) in [5, 5.41) is 0. The number of hydrogen-bond donors (Lipinski definition) is 0. The number of rotatable bonds is 7. The zero-order valence-electron chi connectivity index (χ0n) is 8.93. The van der Waals surface area contributed by atoms with Gasteiger partial charge < -0.3 is 0 Å². The van der Waals surface area contributed by atoms with Crippen molar-refractivity contribution in [3.8, 4) is 0 Å². The Morgan fingerprint density at radius 3 is 1.92 bits per heavy atom.